The minimum atomic E-state index is -4.38. The molecule has 0 unspecified atom stereocenters. The molecule has 21 heavy (non-hydrogen) atoms. The summed E-state index contributed by atoms with van der Waals surface area (Å²) in [7, 11) is 0. The third-order valence-corrected chi connectivity index (χ3v) is 4.40. The number of nitrogens with one attached hydrogen (secondary N) is 1. The van der Waals surface area contributed by atoms with Gasteiger partial charge in [0.2, 0.25) is 0 Å². The van der Waals surface area contributed by atoms with Crippen molar-refractivity contribution < 1.29 is 13.2 Å². The lowest BCUT2D eigenvalue weighted by Gasteiger charge is -2.47. The SMILES string of the molecule is FC(F)(F)c1cc(Br)cnc1N1CC(N2CCNCC2)C1. The smallest absolute Gasteiger partial charge is 0.353 e. The van der Waals surface area contributed by atoms with Crippen LogP contribution in [0.25, 0.3) is 0 Å². The lowest BCUT2D eigenvalue weighted by atomic mass is 10.0. The second-order valence-corrected chi connectivity index (χ2v) is 6.28. The molecule has 116 valence electrons. The number of anilines is 1. The van der Waals surface area contributed by atoms with Crippen molar-refractivity contribution in [2.24, 2.45) is 0 Å². The zero-order chi connectivity index (χ0) is 15.0. The van der Waals surface area contributed by atoms with Gasteiger partial charge in [0.1, 0.15) is 5.82 Å². The molecule has 8 heteroatoms. The van der Waals surface area contributed by atoms with Gasteiger partial charge in [-0.15, -0.1) is 0 Å². The lowest BCUT2D eigenvalue weighted by molar-refractivity contribution is -0.137. The average molecular weight is 365 g/mol. The molecule has 1 aromatic rings. The fourth-order valence-electron chi connectivity index (χ4n) is 2.80. The van der Waals surface area contributed by atoms with Gasteiger partial charge >= 0.3 is 6.18 Å². The van der Waals surface area contributed by atoms with E-state index in [0.717, 1.165) is 32.2 Å². The Bertz CT molecular complexity index is 511. The van der Waals surface area contributed by atoms with E-state index in [1.165, 1.54) is 6.20 Å². The van der Waals surface area contributed by atoms with Crippen LogP contribution in [-0.4, -0.2) is 55.2 Å². The van der Waals surface area contributed by atoms with E-state index in [4.69, 9.17) is 0 Å². The van der Waals surface area contributed by atoms with Gasteiger partial charge in [0.05, 0.1) is 5.56 Å². The summed E-state index contributed by atoms with van der Waals surface area (Å²) >= 11 is 3.06. The number of piperazine rings is 1. The number of hydrogen-bond donors (Lipinski definition) is 1. The summed E-state index contributed by atoms with van der Waals surface area (Å²) in [4.78, 5) is 8.02. The molecular formula is C13H16BrF3N4. The number of pyridine rings is 1. The molecule has 0 aromatic carbocycles. The number of halogens is 4. The van der Waals surface area contributed by atoms with E-state index in [2.05, 4.69) is 31.1 Å². The van der Waals surface area contributed by atoms with Gasteiger partial charge in [0.25, 0.3) is 0 Å². The predicted octanol–water partition coefficient (Wildman–Crippen LogP) is 1.96. The minimum absolute atomic E-state index is 0.0390. The van der Waals surface area contributed by atoms with Crippen molar-refractivity contribution in [1.82, 2.24) is 15.2 Å². The second-order valence-electron chi connectivity index (χ2n) is 5.37. The molecule has 0 saturated carbocycles. The van der Waals surface area contributed by atoms with Crippen molar-refractivity contribution >= 4 is 21.7 Å². The number of alkyl halides is 3. The normalized spacial score (nSPS) is 21.4. The first-order valence-electron chi connectivity index (χ1n) is 6.87. The molecule has 0 radical (unpaired) electrons. The number of rotatable bonds is 2. The molecule has 2 aliphatic rings. The van der Waals surface area contributed by atoms with Crippen molar-refractivity contribution in [3.05, 3.63) is 22.3 Å². The molecule has 3 heterocycles. The minimum Gasteiger partial charge on any atom is -0.353 e. The molecule has 1 aromatic heterocycles. The quantitative estimate of drug-likeness (QED) is 0.869. The maximum absolute atomic E-state index is 13.1. The summed E-state index contributed by atoms with van der Waals surface area (Å²) in [6.07, 6.45) is -2.96. The van der Waals surface area contributed by atoms with Crippen LogP contribution in [0.15, 0.2) is 16.7 Å². The van der Waals surface area contributed by atoms with Gasteiger partial charge in [0, 0.05) is 56.0 Å². The molecule has 4 nitrogen and oxygen atoms in total. The van der Waals surface area contributed by atoms with Gasteiger partial charge in [-0.1, -0.05) is 0 Å². The van der Waals surface area contributed by atoms with E-state index in [-0.39, 0.29) is 5.82 Å². The Labute approximate surface area is 129 Å². The highest BCUT2D eigenvalue weighted by Crippen LogP contribution is 2.38. The molecule has 2 fully saturated rings. The summed E-state index contributed by atoms with van der Waals surface area (Å²) in [5.41, 5.74) is -0.671. The first kappa shape index (κ1) is 15.1. The van der Waals surface area contributed by atoms with Crippen LogP contribution in [0.4, 0.5) is 19.0 Å². The van der Waals surface area contributed by atoms with E-state index in [1.807, 2.05) is 0 Å². The van der Waals surface area contributed by atoms with Crippen molar-refractivity contribution in [2.75, 3.05) is 44.2 Å². The lowest BCUT2D eigenvalue weighted by Crippen LogP contribution is -2.63. The zero-order valence-electron chi connectivity index (χ0n) is 11.3. The van der Waals surface area contributed by atoms with Crippen molar-refractivity contribution in [2.45, 2.75) is 12.2 Å². The van der Waals surface area contributed by atoms with Crippen LogP contribution in [0.2, 0.25) is 0 Å². The Morgan fingerprint density at radius 2 is 1.90 bits per heavy atom. The number of hydrogen-bond acceptors (Lipinski definition) is 4. The topological polar surface area (TPSA) is 31.4 Å². The Balaban J connectivity index is 1.71. The molecule has 0 spiro atoms. The first-order chi connectivity index (χ1) is 9.95. The molecule has 2 aliphatic heterocycles. The zero-order valence-corrected chi connectivity index (χ0v) is 12.9. The third kappa shape index (κ3) is 3.17. The summed E-state index contributed by atoms with van der Waals surface area (Å²) in [6.45, 7) is 5.02. The highest BCUT2D eigenvalue weighted by Gasteiger charge is 2.40. The number of nitrogens with zero attached hydrogens (tertiary/aromatic N) is 3. The van der Waals surface area contributed by atoms with Crippen molar-refractivity contribution in [3.63, 3.8) is 0 Å². The Kier molecular flexibility index (Phi) is 4.11. The van der Waals surface area contributed by atoms with E-state index in [1.54, 1.807) is 4.90 Å². The highest BCUT2D eigenvalue weighted by atomic mass is 79.9. The van der Waals surface area contributed by atoms with Gasteiger partial charge in [-0.2, -0.15) is 13.2 Å². The predicted molar refractivity (Wildman–Crippen MR) is 77.4 cm³/mol. The molecule has 1 N–H and O–H groups in total. The maximum atomic E-state index is 13.1. The highest BCUT2D eigenvalue weighted by molar-refractivity contribution is 9.10. The van der Waals surface area contributed by atoms with E-state index < -0.39 is 11.7 Å². The van der Waals surface area contributed by atoms with Crippen LogP contribution in [0.3, 0.4) is 0 Å². The molecular weight excluding hydrogens is 349 g/mol. The molecule has 0 aliphatic carbocycles. The van der Waals surface area contributed by atoms with Gasteiger partial charge in [0.15, 0.2) is 0 Å². The average Bonchev–Trinajstić information content (AvgIpc) is 2.39. The third-order valence-electron chi connectivity index (χ3n) is 3.97. The maximum Gasteiger partial charge on any atom is 0.419 e. The Morgan fingerprint density at radius 1 is 1.24 bits per heavy atom. The van der Waals surface area contributed by atoms with Crippen LogP contribution < -0.4 is 10.2 Å². The molecule has 3 rings (SSSR count). The summed E-state index contributed by atoms with van der Waals surface area (Å²) in [5.74, 6) is 0.0390. The molecule has 0 atom stereocenters. The molecule has 0 amide bonds. The number of aromatic nitrogens is 1. The standard InChI is InChI=1S/C13H16BrF3N4/c14-9-5-11(13(15,16)17)12(19-6-9)21-7-10(8-21)20-3-1-18-2-4-20/h5-6,10,18H,1-4,7-8H2. The molecule has 0 bridgehead atoms. The fraction of sp³-hybridized carbons (Fsp3) is 0.615. The monoisotopic (exact) mass is 364 g/mol. The largest absolute Gasteiger partial charge is 0.419 e. The Hall–Kier alpha value is -0.860. The first-order valence-corrected chi connectivity index (χ1v) is 7.67. The summed E-state index contributed by atoms with van der Waals surface area (Å²) in [5, 5.41) is 3.27. The van der Waals surface area contributed by atoms with Crippen LogP contribution in [0.1, 0.15) is 5.56 Å². The Morgan fingerprint density at radius 3 is 2.52 bits per heavy atom. The summed E-state index contributed by atoms with van der Waals surface area (Å²) < 4.78 is 39.6. The van der Waals surface area contributed by atoms with Gasteiger partial charge in [-0.3, -0.25) is 4.90 Å². The van der Waals surface area contributed by atoms with Crippen LogP contribution in [0.5, 0.6) is 0 Å². The van der Waals surface area contributed by atoms with Crippen LogP contribution >= 0.6 is 15.9 Å². The van der Waals surface area contributed by atoms with E-state index in [9.17, 15) is 13.2 Å². The molecule has 2 saturated heterocycles. The van der Waals surface area contributed by atoms with E-state index in [0.29, 0.717) is 23.6 Å². The summed E-state index contributed by atoms with van der Waals surface area (Å²) in [6, 6.07) is 1.43. The van der Waals surface area contributed by atoms with Crippen molar-refractivity contribution in [3.8, 4) is 0 Å². The van der Waals surface area contributed by atoms with E-state index >= 15 is 0 Å². The van der Waals surface area contributed by atoms with Gasteiger partial charge in [-0.25, -0.2) is 4.98 Å². The van der Waals surface area contributed by atoms with Gasteiger partial charge < -0.3 is 10.2 Å². The van der Waals surface area contributed by atoms with Crippen LogP contribution in [-0.2, 0) is 6.18 Å². The fourth-order valence-corrected chi connectivity index (χ4v) is 3.13. The van der Waals surface area contributed by atoms with Crippen molar-refractivity contribution in [1.29, 1.82) is 0 Å². The van der Waals surface area contributed by atoms with Crippen LogP contribution in [0, 0.1) is 0 Å². The second kappa shape index (κ2) is 5.73. The van der Waals surface area contributed by atoms with Gasteiger partial charge in [-0.05, 0) is 22.0 Å².